The van der Waals surface area contributed by atoms with Crippen molar-refractivity contribution in [2.24, 2.45) is 5.92 Å². The zero-order chi connectivity index (χ0) is 23.5. The highest BCUT2D eigenvalue weighted by Crippen LogP contribution is 2.46. The number of nitrogens with zero attached hydrogens (tertiary/aromatic N) is 1. The van der Waals surface area contributed by atoms with Gasteiger partial charge in [-0.1, -0.05) is 48.9 Å². The number of carbonyl (C=O) groups is 2. The first kappa shape index (κ1) is 22.7. The Morgan fingerprint density at radius 3 is 2.53 bits per heavy atom. The second-order valence-electron chi connectivity index (χ2n) is 9.25. The van der Waals surface area contributed by atoms with Gasteiger partial charge in [-0.2, -0.15) is 0 Å². The molecule has 2 aromatic carbocycles. The van der Waals surface area contributed by atoms with Crippen molar-refractivity contribution >= 4 is 11.7 Å². The highest BCUT2D eigenvalue weighted by molar-refractivity contribution is 6.11. The van der Waals surface area contributed by atoms with Crippen LogP contribution in [0.5, 0.6) is 5.75 Å². The van der Waals surface area contributed by atoms with Crippen LogP contribution in [0.3, 0.4) is 0 Å². The molecule has 2 aromatic rings. The number of ketones is 1. The number of amides is 1. The molecule has 34 heavy (non-hydrogen) atoms. The van der Waals surface area contributed by atoms with Crippen LogP contribution in [-0.2, 0) is 25.7 Å². The number of benzene rings is 2. The summed E-state index contributed by atoms with van der Waals surface area (Å²) >= 11 is 0. The van der Waals surface area contributed by atoms with Gasteiger partial charge in [-0.05, 0) is 48.9 Å². The summed E-state index contributed by atoms with van der Waals surface area (Å²) in [4.78, 5) is 28.8. The molecule has 1 fully saturated rings. The van der Waals surface area contributed by atoms with Crippen LogP contribution < -0.4 is 4.74 Å². The molecular formula is C28H31NO5. The Bertz CT molecular complexity index is 1060. The number of rotatable bonds is 8. The molecule has 0 radical (unpaired) electrons. The number of fused-ring (bicyclic) bond motifs is 1. The Morgan fingerprint density at radius 2 is 1.76 bits per heavy atom. The topological polar surface area (TPSA) is 65.1 Å². The Kier molecular flexibility index (Phi) is 6.68. The van der Waals surface area contributed by atoms with Gasteiger partial charge in [-0.3, -0.25) is 9.59 Å². The maximum absolute atomic E-state index is 13.6. The zero-order valence-electron chi connectivity index (χ0n) is 19.6. The van der Waals surface area contributed by atoms with Crippen LogP contribution in [0.1, 0.15) is 49.3 Å². The largest absolute Gasteiger partial charge is 0.489 e. The van der Waals surface area contributed by atoms with Gasteiger partial charge in [-0.15, -0.1) is 0 Å². The summed E-state index contributed by atoms with van der Waals surface area (Å²) in [5.41, 5.74) is 2.52. The van der Waals surface area contributed by atoms with Crippen molar-refractivity contribution in [2.75, 3.05) is 20.3 Å². The second-order valence-corrected chi connectivity index (χ2v) is 9.25. The number of ether oxygens (including phenoxy) is 3. The van der Waals surface area contributed by atoms with Crippen LogP contribution in [0, 0.1) is 5.92 Å². The summed E-state index contributed by atoms with van der Waals surface area (Å²) < 4.78 is 17.4. The number of hydrogen-bond acceptors (Lipinski definition) is 5. The third-order valence-electron chi connectivity index (χ3n) is 7.05. The van der Waals surface area contributed by atoms with Crippen LogP contribution >= 0.6 is 0 Å². The second kappa shape index (κ2) is 10.0. The first-order chi connectivity index (χ1) is 16.7. The Hall–Kier alpha value is -3.12. The smallest absolute Gasteiger partial charge is 0.290 e. The summed E-state index contributed by atoms with van der Waals surface area (Å²) in [5, 5.41) is 0. The summed E-state index contributed by atoms with van der Waals surface area (Å²) in [6, 6.07) is 17.3. The molecule has 178 valence electrons. The molecule has 3 atom stereocenters. The van der Waals surface area contributed by atoms with E-state index < -0.39 is 6.04 Å². The molecule has 1 saturated carbocycles. The predicted octanol–water partition coefficient (Wildman–Crippen LogP) is 4.60. The first-order valence-electron chi connectivity index (χ1n) is 12.2. The predicted molar refractivity (Wildman–Crippen MR) is 127 cm³/mol. The van der Waals surface area contributed by atoms with E-state index in [0.717, 1.165) is 42.6 Å². The molecule has 3 aliphatic rings. The van der Waals surface area contributed by atoms with E-state index in [1.807, 2.05) is 54.6 Å². The van der Waals surface area contributed by atoms with Gasteiger partial charge in [-0.25, -0.2) is 0 Å². The zero-order valence-corrected chi connectivity index (χ0v) is 19.6. The van der Waals surface area contributed by atoms with Gasteiger partial charge in [0.2, 0.25) is 0 Å². The van der Waals surface area contributed by atoms with E-state index >= 15 is 0 Å². The van der Waals surface area contributed by atoms with Crippen LogP contribution in [0.4, 0.5) is 0 Å². The fraction of sp³-hybridized carbons (Fsp3) is 0.429. The van der Waals surface area contributed by atoms with Gasteiger partial charge in [0.1, 0.15) is 18.5 Å². The molecule has 6 heteroatoms. The molecule has 6 nitrogen and oxygen atoms in total. The molecule has 2 heterocycles. The molecule has 0 bridgehead atoms. The quantitative estimate of drug-likeness (QED) is 0.538. The Balaban J connectivity index is 1.41. The third-order valence-corrected chi connectivity index (χ3v) is 7.05. The first-order valence-corrected chi connectivity index (χ1v) is 12.2. The molecule has 5 rings (SSSR count). The van der Waals surface area contributed by atoms with Crippen LogP contribution in [0.25, 0.3) is 0 Å². The maximum Gasteiger partial charge on any atom is 0.290 e. The minimum Gasteiger partial charge on any atom is -0.489 e. The van der Waals surface area contributed by atoms with Gasteiger partial charge in [0, 0.05) is 20.3 Å². The molecule has 0 aromatic heterocycles. The van der Waals surface area contributed by atoms with Gasteiger partial charge < -0.3 is 19.1 Å². The summed E-state index contributed by atoms with van der Waals surface area (Å²) in [7, 11) is 1.65. The van der Waals surface area contributed by atoms with Gasteiger partial charge in [0.25, 0.3) is 5.91 Å². The molecule has 3 unspecified atom stereocenters. The number of hydrogen-bond donors (Lipinski definition) is 0. The van der Waals surface area contributed by atoms with Crippen molar-refractivity contribution in [1.82, 2.24) is 4.90 Å². The van der Waals surface area contributed by atoms with E-state index in [9.17, 15) is 9.59 Å². The molecule has 0 spiro atoms. The average molecular weight is 462 g/mol. The molecule has 0 N–H and O–H groups in total. The van der Waals surface area contributed by atoms with Crippen molar-refractivity contribution in [1.29, 1.82) is 0 Å². The lowest BCUT2D eigenvalue weighted by Crippen LogP contribution is -2.39. The molecule has 0 saturated heterocycles. The van der Waals surface area contributed by atoms with E-state index in [2.05, 4.69) is 0 Å². The van der Waals surface area contributed by atoms with Crippen LogP contribution in [0.15, 0.2) is 65.9 Å². The third kappa shape index (κ3) is 4.34. The minimum atomic E-state index is -0.432. The maximum atomic E-state index is 13.6. The lowest BCUT2D eigenvalue weighted by atomic mass is 9.77. The minimum absolute atomic E-state index is 0.0861. The Morgan fingerprint density at radius 1 is 1.00 bits per heavy atom. The lowest BCUT2D eigenvalue weighted by Gasteiger charge is -2.35. The monoisotopic (exact) mass is 461 g/mol. The fourth-order valence-corrected chi connectivity index (χ4v) is 5.34. The fourth-order valence-electron chi connectivity index (χ4n) is 5.34. The normalized spacial score (nSPS) is 24.0. The summed E-state index contributed by atoms with van der Waals surface area (Å²) in [6.07, 6.45) is 4.26. The van der Waals surface area contributed by atoms with Gasteiger partial charge in [0.05, 0.1) is 17.5 Å². The highest BCUT2D eigenvalue weighted by atomic mass is 16.5. The Labute approximate surface area is 200 Å². The van der Waals surface area contributed by atoms with E-state index in [1.54, 1.807) is 12.0 Å². The molecule has 2 aliphatic heterocycles. The average Bonchev–Trinajstić information content (AvgIpc) is 3.16. The van der Waals surface area contributed by atoms with Crippen LogP contribution in [0.2, 0.25) is 0 Å². The standard InChI is InChI=1S/C28H31NO5/c1-32-17-7-16-29-25(20-12-14-21(15-13-20)33-18-19-8-3-2-4-9-19)24-26(30)22-10-5-6-11-23(22)34-27(24)28(29)31/h2-4,8-9,12-15,22-23,25H,5-7,10-11,16-18H2,1H3. The van der Waals surface area contributed by atoms with Crippen molar-refractivity contribution in [2.45, 2.75) is 50.9 Å². The van der Waals surface area contributed by atoms with E-state index in [4.69, 9.17) is 14.2 Å². The van der Waals surface area contributed by atoms with E-state index in [1.165, 1.54) is 0 Å². The van der Waals surface area contributed by atoms with E-state index in [0.29, 0.717) is 31.8 Å². The van der Waals surface area contributed by atoms with E-state index in [-0.39, 0.29) is 29.5 Å². The van der Waals surface area contributed by atoms with Crippen molar-refractivity contribution in [3.63, 3.8) is 0 Å². The lowest BCUT2D eigenvalue weighted by molar-refractivity contribution is -0.135. The summed E-state index contributed by atoms with van der Waals surface area (Å²) in [5.74, 6) is 0.770. The highest BCUT2D eigenvalue weighted by Gasteiger charge is 2.51. The molecule has 1 amide bonds. The molecule has 1 aliphatic carbocycles. The van der Waals surface area contributed by atoms with Crippen molar-refractivity contribution in [3.8, 4) is 5.75 Å². The van der Waals surface area contributed by atoms with Gasteiger partial charge >= 0.3 is 0 Å². The van der Waals surface area contributed by atoms with Crippen molar-refractivity contribution in [3.05, 3.63) is 77.1 Å². The SMILES string of the molecule is COCCCN1C(=O)C2=C(C(=O)C3CCCCC3O2)C1c1ccc(OCc2ccccc2)cc1. The number of methoxy groups -OCH3 is 1. The number of Topliss-reactive ketones (excluding diaryl/α,β-unsaturated/α-hetero) is 1. The van der Waals surface area contributed by atoms with Crippen LogP contribution in [-0.4, -0.2) is 43.0 Å². The summed E-state index contributed by atoms with van der Waals surface area (Å²) in [6.45, 7) is 1.53. The van der Waals surface area contributed by atoms with Crippen molar-refractivity contribution < 1.29 is 23.8 Å². The molecular weight excluding hydrogens is 430 g/mol. The van der Waals surface area contributed by atoms with Gasteiger partial charge in [0.15, 0.2) is 11.5 Å². The number of carbonyl (C=O) groups excluding carboxylic acids is 2.